The van der Waals surface area contributed by atoms with Crippen LogP contribution in [0.1, 0.15) is 38.5 Å². The number of aliphatic hydroxyl groups is 6. The van der Waals surface area contributed by atoms with Gasteiger partial charge in [-0.1, -0.05) is 12.8 Å². The van der Waals surface area contributed by atoms with Crippen molar-refractivity contribution >= 4 is 69.7 Å². The standard InChI is InChI=1S/C33H56N2O38S5/c36-7-5-15(38)34-6-3-1-2-4-8-62-32-25(72-77(56,57)58)20(41)23(27(70-32)29(43)44)67-16-9-12(37)22(14(65-16)11-64-76(53,54)55)68-33-26(73-78(59,60)61)21(42)24(28(71-33)30(45)46)69-31-17(35-74(47,48)49)19(40)18(39)13(66-31)10-63-75(50,51)52/h12-14,16-28,31-33,35-37,39-42H,1-11H2,(H,34,38)(H,43,44)(H,45,46)(H,47,48,49)(H,50,51,52)(H,53,54,55)(H,56,57,58)(H,59,60,61). The van der Waals surface area contributed by atoms with Crippen molar-refractivity contribution in [1.82, 2.24) is 10.0 Å². The average Bonchev–Trinajstić information content (AvgIpc) is 3.28. The number of amides is 1. The molecule has 1 amide bonds. The van der Waals surface area contributed by atoms with E-state index in [1.807, 2.05) is 0 Å². The average molecular weight is 1250 g/mol. The molecule has 0 spiro atoms. The van der Waals surface area contributed by atoms with Crippen LogP contribution < -0.4 is 10.0 Å². The molecular weight excluding hydrogens is 1190 g/mol. The summed E-state index contributed by atoms with van der Waals surface area (Å²) in [7, 11) is -27.9. The van der Waals surface area contributed by atoms with E-state index in [1.165, 1.54) is 4.72 Å². The van der Waals surface area contributed by atoms with Crippen LogP contribution in [0, 0.1) is 0 Å². The van der Waals surface area contributed by atoms with Crippen LogP contribution in [0.4, 0.5) is 0 Å². The number of hydrogen-bond acceptors (Lipinski definition) is 31. The molecule has 19 atom stereocenters. The smallest absolute Gasteiger partial charge is 0.397 e. The summed E-state index contributed by atoms with van der Waals surface area (Å²) < 4.78 is 227. The van der Waals surface area contributed by atoms with E-state index < -0.39 is 206 Å². The van der Waals surface area contributed by atoms with Crippen LogP contribution in [-0.2, 0) is 121 Å². The molecule has 0 bridgehead atoms. The first-order valence-electron chi connectivity index (χ1n) is 22.1. The number of ether oxygens (including phenoxy) is 8. The molecule has 4 heterocycles. The van der Waals surface area contributed by atoms with Crippen molar-refractivity contribution in [2.75, 3.05) is 33.0 Å². The van der Waals surface area contributed by atoms with E-state index in [9.17, 15) is 110 Å². The van der Waals surface area contributed by atoms with Crippen LogP contribution in [0.2, 0.25) is 0 Å². The number of aliphatic carboxylic acids is 2. The summed E-state index contributed by atoms with van der Waals surface area (Å²) in [4.78, 5) is 36.7. The Morgan fingerprint density at radius 3 is 1.55 bits per heavy atom. The lowest BCUT2D eigenvalue weighted by molar-refractivity contribution is -0.364. The van der Waals surface area contributed by atoms with Crippen LogP contribution >= 0.6 is 0 Å². The molecule has 0 aromatic heterocycles. The van der Waals surface area contributed by atoms with Gasteiger partial charge in [0.25, 0.3) is 0 Å². The predicted molar refractivity (Wildman–Crippen MR) is 235 cm³/mol. The number of carbonyl (C=O) groups is 3. The zero-order valence-electron chi connectivity index (χ0n) is 39.3. The molecule has 0 saturated carbocycles. The van der Waals surface area contributed by atoms with E-state index >= 15 is 0 Å². The van der Waals surface area contributed by atoms with Gasteiger partial charge >= 0.3 is 63.8 Å². The third-order valence-corrected chi connectivity index (χ3v) is 13.5. The van der Waals surface area contributed by atoms with Crippen molar-refractivity contribution in [2.24, 2.45) is 0 Å². The fourth-order valence-corrected chi connectivity index (χ4v) is 10.0. The molecule has 0 aromatic carbocycles. The molecule has 0 aliphatic carbocycles. The van der Waals surface area contributed by atoms with Gasteiger partial charge in [0.15, 0.2) is 49.6 Å². The van der Waals surface area contributed by atoms with Crippen molar-refractivity contribution in [1.29, 1.82) is 0 Å². The molecule has 0 radical (unpaired) electrons. The molecule has 4 fully saturated rings. The summed E-state index contributed by atoms with van der Waals surface area (Å²) in [5.41, 5.74) is 0. The first-order valence-corrected chi connectivity index (χ1v) is 29.0. The molecule has 40 nitrogen and oxygen atoms in total. The minimum atomic E-state index is -5.91. The maximum atomic E-state index is 12.7. The van der Waals surface area contributed by atoms with Crippen molar-refractivity contribution in [3.8, 4) is 0 Å². The normalized spacial score (nSPS) is 35.4. The summed E-state index contributed by atoms with van der Waals surface area (Å²) in [5, 5.41) is 87.1. The minimum Gasteiger partial charge on any atom is -0.479 e. The molecular formula is C33H56N2O38S5. The third kappa shape index (κ3) is 21.2. The van der Waals surface area contributed by atoms with E-state index in [2.05, 4.69) is 22.0 Å². The maximum absolute atomic E-state index is 12.7. The Morgan fingerprint density at radius 1 is 0.538 bits per heavy atom. The molecule has 45 heteroatoms. The fourth-order valence-electron chi connectivity index (χ4n) is 7.86. The van der Waals surface area contributed by atoms with Crippen LogP contribution in [0.25, 0.3) is 0 Å². The first-order chi connectivity index (χ1) is 35.9. The van der Waals surface area contributed by atoms with Crippen molar-refractivity contribution < 1.29 is 175 Å². The lowest BCUT2D eigenvalue weighted by atomic mass is 9.95. The molecule has 4 saturated heterocycles. The number of nitrogens with one attached hydrogen (secondary N) is 2. The van der Waals surface area contributed by atoms with Gasteiger partial charge in [0, 0.05) is 26.0 Å². The molecule has 0 aromatic rings. The van der Waals surface area contributed by atoms with Crippen molar-refractivity contribution in [3.05, 3.63) is 0 Å². The summed E-state index contributed by atoms with van der Waals surface area (Å²) >= 11 is 0. The van der Waals surface area contributed by atoms with Gasteiger partial charge in [0.1, 0.15) is 61.0 Å². The number of rotatable bonds is 30. The van der Waals surface area contributed by atoms with Crippen molar-refractivity contribution in [3.63, 3.8) is 0 Å². The first kappa shape index (κ1) is 67.7. The van der Waals surface area contributed by atoms with Gasteiger partial charge in [0.2, 0.25) is 5.91 Å². The minimum absolute atomic E-state index is 0.109. The van der Waals surface area contributed by atoms with Gasteiger partial charge in [-0.2, -0.15) is 46.8 Å². The number of aliphatic hydroxyl groups excluding tert-OH is 6. The second-order valence-electron chi connectivity index (χ2n) is 16.9. The molecule has 4 aliphatic rings. The molecule has 456 valence electrons. The van der Waals surface area contributed by atoms with E-state index in [-0.39, 0.29) is 32.6 Å². The number of unbranched alkanes of at least 4 members (excludes halogenated alkanes) is 3. The van der Waals surface area contributed by atoms with Gasteiger partial charge in [-0.15, -0.1) is 0 Å². The highest BCUT2D eigenvalue weighted by molar-refractivity contribution is 7.83. The van der Waals surface area contributed by atoms with Crippen LogP contribution in [0.5, 0.6) is 0 Å². The molecule has 15 N–H and O–H groups in total. The number of hydrogen-bond donors (Lipinski definition) is 15. The second-order valence-corrected chi connectivity index (χ2v) is 22.3. The van der Waals surface area contributed by atoms with Crippen LogP contribution in [0.3, 0.4) is 0 Å². The summed E-state index contributed by atoms with van der Waals surface area (Å²) in [6.45, 7) is -3.40. The monoisotopic (exact) mass is 1250 g/mol. The van der Waals surface area contributed by atoms with Gasteiger partial charge in [-0.3, -0.25) is 27.6 Å². The maximum Gasteiger partial charge on any atom is 0.397 e. The molecule has 4 rings (SSSR count). The summed E-state index contributed by atoms with van der Waals surface area (Å²) in [6, 6.07) is -2.50. The third-order valence-electron chi connectivity index (χ3n) is 11.2. The van der Waals surface area contributed by atoms with Gasteiger partial charge in [0.05, 0.1) is 25.9 Å². The molecule has 78 heavy (non-hydrogen) atoms. The highest BCUT2D eigenvalue weighted by Gasteiger charge is 2.58. The largest absolute Gasteiger partial charge is 0.479 e. The zero-order chi connectivity index (χ0) is 58.9. The van der Waals surface area contributed by atoms with Gasteiger partial charge in [-0.05, 0) is 12.8 Å². The van der Waals surface area contributed by atoms with Crippen LogP contribution in [0.15, 0.2) is 0 Å². The number of carboxylic acids is 2. The topological polar surface area (TPSA) is 620 Å². The van der Waals surface area contributed by atoms with E-state index in [4.69, 9.17) is 47.6 Å². The number of carboxylic acid groups (broad SMARTS) is 2. The Hall–Kier alpha value is -2.80. The molecule has 19 unspecified atom stereocenters. The quantitative estimate of drug-likeness (QED) is 0.0235. The van der Waals surface area contributed by atoms with E-state index in [1.54, 1.807) is 0 Å². The lowest BCUT2D eigenvalue weighted by Crippen LogP contribution is -2.69. The molecule has 4 aliphatic heterocycles. The second kappa shape index (κ2) is 28.5. The van der Waals surface area contributed by atoms with E-state index in [0.29, 0.717) is 19.3 Å². The van der Waals surface area contributed by atoms with Crippen LogP contribution in [-0.4, -0.2) is 273 Å². The predicted octanol–water partition coefficient (Wildman–Crippen LogP) is -8.74. The zero-order valence-corrected chi connectivity index (χ0v) is 43.4. The fraction of sp³-hybridized carbons (Fsp3) is 0.909. The Labute approximate surface area is 441 Å². The Bertz CT molecular complexity index is 2570. The Kier molecular flexibility index (Phi) is 24.7. The lowest BCUT2D eigenvalue weighted by Gasteiger charge is -2.48. The Morgan fingerprint density at radius 2 is 1.04 bits per heavy atom. The highest BCUT2D eigenvalue weighted by Crippen LogP contribution is 2.37. The SMILES string of the molecule is O=C(CCO)NCCCCCCOC1OC(C(=O)O)C(OC2CC(O)C(OC3OC(C(=O)O)C(OC4OC(COS(=O)(=O)O)C(O)C(O)C4NS(=O)(=O)O)C(O)C3OS(=O)(=O)O)C(COS(=O)(=O)O)O2)C(O)C1OS(=O)(=O)O. The van der Waals surface area contributed by atoms with E-state index in [0.717, 1.165) is 0 Å². The summed E-state index contributed by atoms with van der Waals surface area (Å²) in [5.74, 6) is -4.60. The number of carbonyl (C=O) groups excluding carboxylic acids is 1. The van der Waals surface area contributed by atoms with Gasteiger partial charge < -0.3 is 84.1 Å². The van der Waals surface area contributed by atoms with Crippen molar-refractivity contribution in [2.45, 2.75) is 155 Å². The summed E-state index contributed by atoms with van der Waals surface area (Å²) in [6.07, 6.45) is -44.6. The van der Waals surface area contributed by atoms with Gasteiger partial charge in [-0.25, -0.2) is 26.3 Å². The Balaban J connectivity index is 1.61. The highest BCUT2D eigenvalue weighted by atomic mass is 32.3.